The summed E-state index contributed by atoms with van der Waals surface area (Å²) in [6, 6.07) is 6.48. The van der Waals surface area contributed by atoms with Gasteiger partial charge in [0.05, 0.1) is 30.0 Å². The van der Waals surface area contributed by atoms with Gasteiger partial charge in [0.25, 0.3) is 5.91 Å². The minimum absolute atomic E-state index is 0.199. The van der Waals surface area contributed by atoms with Crippen LogP contribution in [0.3, 0.4) is 0 Å². The molecule has 6 nitrogen and oxygen atoms in total. The quantitative estimate of drug-likeness (QED) is 0.854. The van der Waals surface area contributed by atoms with Crippen molar-refractivity contribution >= 4 is 5.91 Å². The van der Waals surface area contributed by atoms with E-state index in [1.807, 2.05) is 6.07 Å². The van der Waals surface area contributed by atoms with Gasteiger partial charge in [0.1, 0.15) is 5.82 Å². The minimum atomic E-state index is -0.513. The SMILES string of the molecule is N#Cc1ccnc(OCC2CCN(C(=O)c3cncc(F)c3)CC2)c1. The molecular weight excluding hydrogens is 323 g/mol. The van der Waals surface area contributed by atoms with Crippen molar-refractivity contribution in [3.63, 3.8) is 0 Å². The lowest BCUT2D eigenvalue weighted by Gasteiger charge is -2.31. The molecule has 128 valence electrons. The zero-order valence-electron chi connectivity index (χ0n) is 13.6. The number of piperidine rings is 1. The maximum absolute atomic E-state index is 13.2. The van der Waals surface area contributed by atoms with E-state index in [4.69, 9.17) is 10.00 Å². The number of rotatable bonds is 4. The first-order valence-corrected chi connectivity index (χ1v) is 8.04. The Bertz CT molecular complexity index is 798. The van der Waals surface area contributed by atoms with E-state index in [0.29, 0.717) is 37.1 Å². The average Bonchev–Trinajstić information content (AvgIpc) is 2.66. The molecule has 2 aromatic heterocycles. The predicted molar refractivity (Wildman–Crippen MR) is 87.3 cm³/mol. The summed E-state index contributed by atoms with van der Waals surface area (Å²) in [6.07, 6.45) is 5.60. The molecule has 0 spiro atoms. The van der Waals surface area contributed by atoms with Crippen LogP contribution >= 0.6 is 0 Å². The lowest BCUT2D eigenvalue weighted by Crippen LogP contribution is -2.39. The van der Waals surface area contributed by atoms with Crippen LogP contribution in [0.25, 0.3) is 0 Å². The Morgan fingerprint density at radius 3 is 2.88 bits per heavy atom. The highest BCUT2D eigenvalue weighted by molar-refractivity contribution is 5.93. The van der Waals surface area contributed by atoms with Gasteiger partial charge in [0.15, 0.2) is 0 Å². The second-order valence-electron chi connectivity index (χ2n) is 5.93. The molecule has 0 unspecified atom stereocenters. The number of pyridine rings is 2. The van der Waals surface area contributed by atoms with Crippen LogP contribution in [0.5, 0.6) is 5.88 Å². The van der Waals surface area contributed by atoms with Crippen molar-refractivity contribution < 1.29 is 13.9 Å². The van der Waals surface area contributed by atoms with Gasteiger partial charge in [-0.1, -0.05) is 0 Å². The maximum atomic E-state index is 13.2. The highest BCUT2D eigenvalue weighted by atomic mass is 19.1. The van der Waals surface area contributed by atoms with E-state index in [2.05, 4.69) is 9.97 Å². The molecular formula is C18H17FN4O2. The van der Waals surface area contributed by atoms with E-state index >= 15 is 0 Å². The molecule has 0 aliphatic carbocycles. The second-order valence-corrected chi connectivity index (χ2v) is 5.93. The number of ether oxygens (including phenoxy) is 1. The standard InChI is InChI=1S/C18H17FN4O2/c19-16-8-15(10-21-11-16)18(24)23-5-2-13(3-6-23)12-25-17-7-14(9-20)1-4-22-17/h1,4,7-8,10-11,13H,2-3,5-6,12H2. The first-order chi connectivity index (χ1) is 12.2. The molecule has 3 heterocycles. The Balaban J connectivity index is 1.50. The number of likely N-dealkylation sites (tertiary alicyclic amines) is 1. The summed E-state index contributed by atoms with van der Waals surface area (Å²) in [6.45, 7) is 1.68. The number of carbonyl (C=O) groups excluding carboxylic acids is 1. The summed E-state index contributed by atoms with van der Waals surface area (Å²) >= 11 is 0. The normalized spacial score (nSPS) is 14.8. The van der Waals surface area contributed by atoms with Crippen LogP contribution in [-0.2, 0) is 0 Å². The minimum Gasteiger partial charge on any atom is -0.477 e. The molecule has 3 rings (SSSR count). The first kappa shape index (κ1) is 16.8. The summed E-state index contributed by atoms with van der Waals surface area (Å²) in [7, 11) is 0. The highest BCUT2D eigenvalue weighted by Gasteiger charge is 2.24. The Hall–Kier alpha value is -3.01. The molecule has 0 bridgehead atoms. The molecule has 1 amide bonds. The van der Waals surface area contributed by atoms with Crippen molar-refractivity contribution in [3.05, 3.63) is 53.7 Å². The maximum Gasteiger partial charge on any atom is 0.255 e. The molecule has 0 radical (unpaired) electrons. The average molecular weight is 340 g/mol. The predicted octanol–water partition coefficient (Wildman–Crippen LogP) is 2.42. The molecule has 0 saturated carbocycles. The van der Waals surface area contributed by atoms with Crippen LogP contribution in [0.15, 0.2) is 36.8 Å². The van der Waals surface area contributed by atoms with E-state index in [1.165, 1.54) is 12.3 Å². The van der Waals surface area contributed by atoms with E-state index in [1.54, 1.807) is 23.2 Å². The molecule has 0 atom stereocenters. The zero-order valence-corrected chi connectivity index (χ0v) is 13.6. The van der Waals surface area contributed by atoms with Crippen molar-refractivity contribution in [2.75, 3.05) is 19.7 Å². The summed E-state index contributed by atoms with van der Waals surface area (Å²) in [5, 5.41) is 8.87. The van der Waals surface area contributed by atoms with Crippen LogP contribution in [0.2, 0.25) is 0 Å². The summed E-state index contributed by atoms with van der Waals surface area (Å²) in [4.78, 5) is 21.9. The van der Waals surface area contributed by atoms with Crippen molar-refractivity contribution in [3.8, 4) is 11.9 Å². The highest BCUT2D eigenvalue weighted by Crippen LogP contribution is 2.20. The van der Waals surface area contributed by atoms with E-state index < -0.39 is 5.82 Å². The van der Waals surface area contributed by atoms with Crippen molar-refractivity contribution in [2.45, 2.75) is 12.8 Å². The van der Waals surface area contributed by atoms with Crippen molar-refractivity contribution in [1.82, 2.24) is 14.9 Å². The number of hydrogen-bond acceptors (Lipinski definition) is 5. The first-order valence-electron chi connectivity index (χ1n) is 8.04. The van der Waals surface area contributed by atoms with Crippen LogP contribution in [-0.4, -0.2) is 40.5 Å². The Labute approximate surface area is 144 Å². The van der Waals surface area contributed by atoms with Gasteiger partial charge < -0.3 is 9.64 Å². The molecule has 0 N–H and O–H groups in total. The molecule has 0 aromatic carbocycles. The molecule has 7 heteroatoms. The zero-order chi connectivity index (χ0) is 17.6. The third-order valence-electron chi connectivity index (χ3n) is 4.18. The Morgan fingerprint density at radius 1 is 1.36 bits per heavy atom. The summed E-state index contributed by atoms with van der Waals surface area (Å²) in [5.41, 5.74) is 0.779. The largest absolute Gasteiger partial charge is 0.477 e. The number of nitrogens with zero attached hydrogens (tertiary/aromatic N) is 4. The van der Waals surface area contributed by atoms with E-state index in [0.717, 1.165) is 19.0 Å². The van der Waals surface area contributed by atoms with Gasteiger partial charge in [0.2, 0.25) is 5.88 Å². The molecule has 1 saturated heterocycles. The molecule has 25 heavy (non-hydrogen) atoms. The lowest BCUT2D eigenvalue weighted by molar-refractivity contribution is 0.0658. The number of carbonyl (C=O) groups is 1. The van der Waals surface area contributed by atoms with Crippen LogP contribution in [0, 0.1) is 23.1 Å². The molecule has 1 aliphatic heterocycles. The fourth-order valence-electron chi connectivity index (χ4n) is 2.78. The molecule has 1 fully saturated rings. The third-order valence-corrected chi connectivity index (χ3v) is 4.18. The van der Waals surface area contributed by atoms with Crippen LogP contribution in [0.4, 0.5) is 4.39 Å². The van der Waals surface area contributed by atoms with Gasteiger partial charge in [-0.25, -0.2) is 9.37 Å². The fraction of sp³-hybridized carbons (Fsp3) is 0.333. The van der Waals surface area contributed by atoms with E-state index in [9.17, 15) is 9.18 Å². The molecule has 1 aliphatic rings. The van der Waals surface area contributed by atoms with E-state index in [-0.39, 0.29) is 11.5 Å². The van der Waals surface area contributed by atoms with Gasteiger partial charge in [-0.2, -0.15) is 5.26 Å². The third kappa shape index (κ3) is 4.29. The number of aromatic nitrogens is 2. The summed E-state index contributed by atoms with van der Waals surface area (Å²) < 4.78 is 18.9. The van der Waals surface area contributed by atoms with Crippen molar-refractivity contribution in [2.24, 2.45) is 5.92 Å². The Morgan fingerprint density at radius 2 is 2.16 bits per heavy atom. The smallest absolute Gasteiger partial charge is 0.255 e. The number of halogens is 1. The fourth-order valence-corrected chi connectivity index (χ4v) is 2.78. The van der Waals surface area contributed by atoms with Gasteiger partial charge in [0, 0.05) is 31.5 Å². The lowest BCUT2D eigenvalue weighted by atomic mass is 9.97. The van der Waals surface area contributed by atoms with Gasteiger partial charge in [-0.3, -0.25) is 9.78 Å². The summed E-state index contributed by atoms with van der Waals surface area (Å²) in [5.74, 6) is 0.0293. The van der Waals surface area contributed by atoms with Gasteiger partial charge >= 0.3 is 0 Å². The monoisotopic (exact) mass is 340 g/mol. The Kier molecular flexibility index (Phi) is 5.19. The molecule has 2 aromatic rings. The van der Waals surface area contributed by atoms with Crippen molar-refractivity contribution in [1.29, 1.82) is 5.26 Å². The topological polar surface area (TPSA) is 79.1 Å². The van der Waals surface area contributed by atoms with Crippen LogP contribution in [0.1, 0.15) is 28.8 Å². The van der Waals surface area contributed by atoms with Gasteiger partial charge in [-0.05, 0) is 30.9 Å². The van der Waals surface area contributed by atoms with Crippen LogP contribution < -0.4 is 4.74 Å². The number of amides is 1. The number of nitriles is 1. The second kappa shape index (κ2) is 7.71. The number of hydrogen-bond donors (Lipinski definition) is 0. The van der Waals surface area contributed by atoms with Gasteiger partial charge in [-0.15, -0.1) is 0 Å².